The Kier molecular flexibility index (Phi) is 1.44. The molecule has 1 unspecified atom stereocenters. The molecule has 0 N–H and O–H groups in total. The maximum Gasteiger partial charge on any atom is 0.124 e. The zero-order chi connectivity index (χ0) is 10.2. The topological polar surface area (TPSA) is 12.5 Å². The number of epoxide rings is 1. The van der Waals surface area contributed by atoms with Crippen molar-refractivity contribution >= 4 is 0 Å². The van der Waals surface area contributed by atoms with Crippen LogP contribution in [0.1, 0.15) is 32.4 Å². The highest BCUT2D eigenvalue weighted by molar-refractivity contribution is 5.43. The van der Waals surface area contributed by atoms with Gasteiger partial charge in [0.1, 0.15) is 7.47 Å². The molecule has 1 saturated heterocycles. The van der Waals surface area contributed by atoms with Crippen LogP contribution in [0.5, 0.6) is 0 Å². The van der Waals surface area contributed by atoms with Gasteiger partial charge in [-0.15, -0.1) is 6.40 Å². The van der Waals surface area contributed by atoms with Crippen molar-refractivity contribution in [2.45, 2.75) is 25.6 Å². The van der Waals surface area contributed by atoms with Gasteiger partial charge in [-0.1, -0.05) is 24.1 Å². The minimum atomic E-state index is -0.0696. The first-order valence-corrected chi connectivity index (χ1v) is 4.34. The minimum Gasteiger partial charge on any atom is -0.362 e. The van der Waals surface area contributed by atoms with Crippen LogP contribution < -0.4 is 0 Å². The lowest BCUT2D eigenvalue weighted by atomic mass is 9.98. The molecule has 0 saturated carbocycles. The fourth-order valence-electron chi connectivity index (χ4n) is 1.55. The van der Waals surface area contributed by atoms with E-state index in [-0.39, 0.29) is 11.7 Å². The molecule has 0 bridgehead atoms. The summed E-state index contributed by atoms with van der Waals surface area (Å²) in [6, 6.07) is 7.84. The minimum absolute atomic E-state index is 0.0696. The second-order valence-corrected chi connectivity index (χ2v) is 3.81. The lowest BCUT2D eigenvalue weighted by molar-refractivity contribution is 0.325. The van der Waals surface area contributed by atoms with Gasteiger partial charge in [0.2, 0.25) is 0 Å². The average Bonchev–Trinajstić information content (AvgIpc) is 2.77. The van der Waals surface area contributed by atoms with Crippen molar-refractivity contribution in [2.24, 2.45) is 0 Å². The second kappa shape index (κ2) is 2.61. The molecule has 1 nitrogen and oxygen atoms in total. The maximum absolute atomic E-state index is 6.90. The normalized spacial score (nSPS) is 24.2. The molecule has 0 radical (unpaired) electrons. The highest BCUT2D eigenvalue weighted by Gasteiger charge is 2.49. The van der Waals surface area contributed by atoms with E-state index in [1.807, 2.05) is 24.3 Å². The van der Waals surface area contributed by atoms with Crippen LogP contribution in [0.3, 0.4) is 0 Å². The fourth-order valence-corrected chi connectivity index (χ4v) is 1.55. The zero-order valence-electron chi connectivity index (χ0n) is 8.79. The van der Waals surface area contributed by atoms with E-state index in [9.17, 15) is 0 Å². The molecule has 1 aliphatic rings. The van der Waals surface area contributed by atoms with Gasteiger partial charge in [0.15, 0.2) is 0 Å². The Balaban J connectivity index is 2.37. The highest BCUT2D eigenvalue weighted by Crippen LogP contribution is 2.49. The zero-order valence-corrected chi connectivity index (χ0v) is 7.79. The molecular formula is C12H12O. The van der Waals surface area contributed by atoms with Gasteiger partial charge in [-0.05, 0) is 25.5 Å². The summed E-state index contributed by atoms with van der Waals surface area (Å²) in [6.45, 7) is 4.12. The quantitative estimate of drug-likeness (QED) is 0.469. The smallest absolute Gasteiger partial charge is 0.124 e. The molecule has 2 rings (SSSR count). The van der Waals surface area contributed by atoms with E-state index in [0.29, 0.717) is 0 Å². The first-order chi connectivity index (χ1) is 6.65. The monoisotopic (exact) mass is 173 g/mol. The predicted molar refractivity (Wildman–Crippen MR) is 52.3 cm³/mol. The summed E-state index contributed by atoms with van der Waals surface area (Å²) in [5, 5.41) is 0. The summed E-state index contributed by atoms with van der Waals surface area (Å²) >= 11 is 0. The molecular weight excluding hydrogens is 160 g/mol. The third-order valence-electron chi connectivity index (χ3n) is 2.37. The van der Waals surface area contributed by atoms with Gasteiger partial charge in [-0.25, -0.2) is 0 Å². The standard InChI is InChI=1S/C12H12O/c1-4-9-7-5-6-8-10(9)11-12(2,3)13-11/h1,5-8,11H,2-3H3/i1D. The van der Waals surface area contributed by atoms with Crippen molar-refractivity contribution in [3.63, 3.8) is 0 Å². The number of terminal acetylenes is 1. The van der Waals surface area contributed by atoms with Gasteiger partial charge in [0.05, 0.1) is 5.60 Å². The average molecular weight is 173 g/mol. The van der Waals surface area contributed by atoms with Gasteiger partial charge in [0, 0.05) is 5.56 Å². The molecule has 1 fully saturated rings. The predicted octanol–water partition coefficient (Wildman–Crippen LogP) is 2.52. The van der Waals surface area contributed by atoms with Crippen molar-refractivity contribution in [3.05, 3.63) is 35.4 Å². The second-order valence-electron chi connectivity index (χ2n) is 3.81. The van der Waals surface area contributed by atoms with E-state index in [4.69, 9.17) is 6.11 Å². The Morgan fingerprint density at radius 1 is 1.54 bits per heavy atom. The number of hydrogen-bond donors (Lipinski definition) is 0. The van der Waals surface area contributed by atoms with Crippen molar-refractivity contribution < 1.29 is 6.11 Å². The van der Waals surface area contributed by atoms with Gasteiger partial charge in [0.25, 0.3) is 0 Å². The van der Waals surface area contributed by atoms with Crippen molar-refractivity contribution in [3.8, 4) is 12.3 Å². The Hall–Kier alpha value is -1.26. The van der Waals surface area contributed by atoms with Gasteiger partial charge in [-0.3, -0.25) is 0 Å². The number of benzene rings is 1. The van der Waals surface area contributed by atoms with Crippen LogP contribution in [0.25, 0.3) is 0 Å². The highest BCUT2D eigenvalue weighted by atomic mass is 16.6. The van der Waals surface area contributed by atoms with E-state index in [1.54, 1.807) is 0 Å². The molecule has 0 aliphatic carbocycles. The Bertz CT molecular complexity index is 412. The van der Waals surface area contributed by atoms with Crippen LogP contribution in [0.15, 0.2) is 24.3 Å². The first kappa shape index (κ1) is 7.17. The van der Waals surface area contributed by atoms with Gasteiger partial charge in [-0.2, -0.15) is 0 Å². The van der Waals surface area contributed by atoms with Crippen LogP contribution in [0.2, 0.25) is 0 Å². The van der Waals surface area contributed by atoms with E-state index >= 15 is 0 Å². The summed E-state index contributed by atoms with van der Waals surface area (Å²) in [4.78, 5) is 0. The lowest BCUT2D eigenvalue weighted by Gasteiger charge is -2.01. The molecule has 1 aliphatic heterocycles. The SMILES string of the molecule is [2H]C#Cc1ccccc1C1OC1(C)C. The number of rotatable bonds is 1. The molecule has 0 aromatic heterocycles. The fraction of sp³-hybridized carbons (Fsp3) is 0.333. The van der Waals surface area contributed by atoms with Crippen LogP contribution in [-0.4, -0.2) is 5.60 Å². The van der Waals surface area contributed by atoms with E-state index in [0.717, 1.165) is 11.1 Å². The van der Waals surface area contributed by atoms with Crippen LogP contribution in [0, 0.1) is 12.3 Å². The molecule has 0 spiro atoms. The van der Waals surface area contributed by atoms with Gasteiger partial charge >= 0.3 is 0 Å². The van der Waals surface area contributed by atoms with Crippen molar-refractivity contribution in [2.75, 3.05) is 0 Å². The molecule has 1 aromatic rings. The van der Waals surface area contributed by atoms with Crippen LogP contribution >= 0.6 is 0 Å². The molecule has 1 aromatic carbocycles. The molecule has 66 valence electrons. The summed E-state index contributed by atoms with van der Waals surface area (Å²) in [5.74, 6) is 2.77. The van der Waals surface area contributed by atoms with Crippen LogP contribution in [-0.2, 0) is 4.74 Å². The molecule has 1 heterocycles. The lowest BCUT2D eigenvalue weighted by Crippen LogP contribution is -1.99. The number of hydrogen-bond acceptors (Lipinski definition) is 1. The molecule has 1 atom stereocenters. The Labute approximate surface area is 80.1 Å². The van der Waals surface area contributed by atoms with E-state index < -0.39 is 0 Å². The number of ether oxygens (including phenoxy) is 1. The molecule has 13 heavy (non-hydrogen) atoms. The summed E-state index contributed by atoms with van der Waals surface area (Å²) in [7, 11) is 0. The third-order valence-corrected chi connectivity index (χ3v) is 2.37. The maximum atomic E-state index is 6.90. The molecule has 1 heteroatoms. The van der Waals surface area contributed by atoms with Gasteiger partial charge < -0.3 is 4.74 Å². The molecule has 0 amide bonds. The third kappa shape index (κ3) is 1.34. The van der Waals surface area contributed by atoms with Crippen molar-refractivity contribution in [1.29, 1.82) is 0 Å². The van der Waals surface area contributed by atoms with Crippen molar-refractivity contribution in [1.82, 2.24) is 0 Å². The first-order valence-electron chi connectivity index (χ1n) is 4.84. The van der Waals surface area contributed by atoms with E-state index in [1.165, 1.54) is 0 Å². The van der Waals surface area contributed by atoms with E-state index in [2.05, 4.69) is 26.2 Å². The Morgan fingerprint density at radius 2 is 2.23 bits per heavy atom. The summed E-state index contributed by atoms with van der Waals surface area (Å²) < 4.78 is 12.4. The van der Waals surface area contributed by atoms with Crippen LogP contribution in [0.4, 0.5) is 0 Å². The summed E-state index contributed by atoms with van der Waals surface area (Å²) in [5.41, 5.74) is 1.93. The Morgan fingerprint density at radius 3 is 2.85 bits per heavy atom. The summed E-state index contributed by atoms with van der Waals surface area (Å²) in [6.07, 6.45) is 2.32. The largest absolute Gasteiger partial charge is 0.362 e.